The molecule has 0 amide bonds. The maximum atomic E-state index is 11.6. The Bertz CT molecular complexity index is 922. The average molecular weight is 506 g/mol. The second-order valence-corrected chi connectivity index (χ2v) is 9.56. The van der Waals surface area contributed by atoms with E-state index in [0.29, 0.717) is 29.5 Å². The molecule has 1 aliphatic heterocycles. The summed E-state index contributed by atoms with van der Waals surface area (Å²) in [7, 11) is -1.97. The number of morpholine rings is 1. The minimum absolute atomic E-state index is 0.0305. The zero-order valence-corrected chi connectivity index (χ0v) is 19.2. The first-order chi connectivity index (χ1) is 13.7. The number of halogens is 2. The number of hydrogen-bond acceptors (Lipinski definition) is 7. The molecule has 1 aromatic heterocycles. The van der Waals surface area contributed by atoms with Gasteiger partial charge in [-0.15, -0.1) is 0 Å². The number of aromatic nitrogens is 1. The Balaban J connectivity index is 1.87. The molecule has 1 aliphatic rings. The molecule has 0 saturated carbocycles. The fourth-order valence-corrected chi connectivity index (χ4v) is 4.44. The predicted molar refractivity (Wildman–Crippen MR) is 114 cm³/mol. The molecule has 29 heavy (non-hydrogen) atoms. The summed E-state index contributed by atoms with van der Waals surface area (Å²) in [4.78, 5) is 6.27. The van der Waals surface area contributed by atoms with E-state index in [-0.39, 0.29) is 12.6 Å². The lowest BCUT2D eigenvalue weighted by molar-refractivity contribution is -0.0879. The van der Waals surface area contributed by atoms with Crippen molar-refractivity contribution in [2.75, 3.05) is 33.1 Å². The number of hydrogen-bond donors (Lipinski definition) is 0. The van der Waals surface area contributed by atoms with Crippen LogP contribution in [0.1, 0.15) is 17.2 Å². The van der Waals surface area contributed by atoms with Crippen molar-refractivity contribution in [1.29, 1.82) is 0 Å². The molecule has 158 valence electrons. The second-order valence-electron chi connectivity index (χ2n) is 6.71. The van der Waals surface area contributed by atoms with Crippen molar-refractivity contribution in [2.45, 2.75) is 18.7 Å². The van der Waals surface area contributed by atoms with Crippen molar-refractivity contribution in [3.05, 3.63) is 57.3 Å². The van der Waals surface area contributed by atoms with Gasteiger partial charge < -0.3 is 9.47 Å². The van der Waals surface area contributed by atoms with Crippen molar-refractivity contribution in [2.24, 2.45) is 0 Å². The smallest absolute Gasteiger partial charge is 0.264 e. The van der Waals surface area contributed by atoms with E-state index in [9.17, 15) is 8.42 Å². The number of nitrogens with zero attached hydrogens (tertiary/aromatic N) is 2. The van der Waals surface area contributed by atoms with Gasteiger partial charge in [-0.2, -0.15) is 8.42 Å². The molecule has 0 bridgehead atoms. The zero-order chi connectivity index (χ0) is 21.0. The number of benzene rings is 1. The molecular weight excluding hydrogens is 484 g/mol. The molecule has 0 aliphatic carbocycles. The Morgan fingerprint density at radius 3 is 2.66 bits per heavy atom. The Hall–Kier alpha value is -1.23. The van der Waals surface area contributed by atoms with Crippen LogP contribution in [0.4, 0.5) is 0 Å². The first-order valence-corrected chi connectivity index (χ1v) is 11.9. The summed E-state index contributed by atoms with van der Waals surface area (Å²) < 4.78 is 40.2. The number of pyridine rings is 1. The van der Waals surface area contributed by atoms with E-state index < -0.39 is 16.2 Å². The van der Waals surface area contributed by atoms with Crippen molar-refractivity contribution in [3.8, 4) is 5.75 Å². The summed E-state index contributed by atoms with van der Waals surface area (Å²) in [6.07, 6.45) is 0.625. The average Bonchev–Trinajstić information content (AvgIpc) is 2.66. The fraction of sp³-hybridized carbons (Fsp3) is 0.421. The Kier molecular flexibility index (Phi) is 7.53. The normalized spacial score (nSPS) is 20.6. The molecule has 0 radical (unpaired) electrons. The minimum Gasteiger partial charge on any atom is -0.497 e. The van der Waals surface area contributed by atoms with Gasteiger partial charge in [-0.05, 0) is 51.3 Å². The summed E-state index contributed by atoms with van der Waals surface area (Å²) in [6.45, 7) is 1.72. The highest BCUT2D eigenvalue weighted by molar-refractivity contribution is 9.10. The maximum absolute atomic E-state index is 11.6. The van der Waals surface area contributed by atoms with Gasteiger partial charge in [0, 0.05) is 13.1 Å². The van der Waals surface area contributed by atoms with Crippen LogP contribution in [0.2, 0.25) is 5.15 Å². The first kappa shape index (κ1) is 22.5. The van der Waals surface area contributed by atoms with Crippen molar-refractivity contribution in [3.63, 3.8) is 0 Å². The molecule has 1 fully saturated rings. The van der Waals surface area contributed by atoms with Crippen LogP contribution in [0.5, 0.6) is 5.75 Å². The highest BCUT2D eigenvalue weighted by Gasteiger charge is 2.35. The fourth-order valence-electron chi connectivity index (χ4n) is 3.28. The van der Waals surface area contributed by atoms with Gasteiger partial charge in [-0.25, -0.2) is 4.98 Å². The summed E-state index contributed by atoms with van der Waals surface area (Å²) in [6, 6.07) is 11.0. The SMILES string of the molecule is COc1ccc(CN2CCO[C@@H](c3cc(Cl)nc(Br)c3)[C@@H]2COS(C)(=O)=O)cc1. The molecule has 7 nitrogen and oxygen atoms in total. The van der Waals surface area contributed by atoms with E-state index in [1.165, 1.54) is 0 Å². The van der Waals surface area contributed by atoms with Gasteiger partial charge >= 0.3 is 0 Å². The quantitative estimate of drug-likeness (QED) is 0.421. The molecule has 0 N–H and O–H groups in total. The van der Waals surface area contributed by atoms with E-state index in [0.717, 1.165) is 23.1 Å². The molecule has 0 spiro atoms. The number of methoxy groups -OCH3 is 1. The Morgan fingerprint density at radius 1 is 1.31 bits per heavy atom. The highest BCUT2D eigenvalue weighted by atomic mass is 79.9. The van der Waals surface area contributed by atoms with Crippen LogP contribution < -0.4 is 4.74 Å². The van der Waals surface area contributed by atoms with Gasteiger partial charge in [0.2, 0.25) is 0 Å². The van der Waals surface area contributed by atoms with Gasteiger partial charge in [0.15, 0.2) is 0 Å². The summed E-state index contributed by atoms with van der Waals surface area (Å²) >= 11 is 9.46. The summed E-state index contributed by atoms with van der Waals surface area (Å²) in [5.41, 5.74) is 1.88. The van der Waals surface area contributed by atoms with Crippen LogP contribution >= 0.6 is 27.5 Å². The van der Waals surface area contributed by atoms with Gasteiger partial charge in [0.25, 0.3) is 10.1 Å². The van der Waals surface area contributed by atoms with Gasteiger partial charge in [-0.3, -0.25) is 9.08 Å². The van der Waals surface area contributed by atoms with Crippen LogP contribution in [0.15, 0.2) is 41.0 Å². The van der Waals surface area contributed by atoms with Gasteiger partial charge in [0.1, 0.15) is 21.6 Å². The van der Waals surface area contributed by atoms with Crippen molar-refractivity contribution >= 4 is 37.6 Å². The van der Waals surface area contributed by atoms with E-state index >= 15 is 0 Å². The summed E-state index contributed by atoms with van der Waals surface area (Å²) in [5, 5.41) is 0.327. The van der Waals surface area contributed by atoms with Gasteiger partial charge in [0.05, 0.1) is 32.6 Å². The molecule has 2 aromatic rings. The van der Waals surface area contributed by atoms with Crippen LogP contribution in [0, 0.1) is 0 Å². The largest absolute Gasteiger partial charge is 0.497 e. The topological polar surface area (TPSA) is 78.0 Å². The molecule has 2 heterocycles. The standard InChI is InChI=1S/C19H22BrClN2O5S/c1-26-15-5-3-13(4-6-15)11-23-7-8-27-19(16(23)12-28-29(2,24)25)14-9-17(20)22-18(21)10-14/h3-6,9-10,16,19H,7-8,11-12H2,1-2H3/t16-,19-/m0/s1. The Morgan fingerprint density at radius 2 is 2.03 bits per heavy atom. The molecule has 3 rings (SSSR count). The van der Waals surface area contributed by atoms with E-state index in [2.05, 4.69) is 25.8 Å². The lowest BCUT2D eigenvalue weighted by Crippen LogP contribution is -2.49. The van der Waals surface area contributed by atoms with Crippen molar-refractivity contribution < 1.29 is 22.1 Å². The number of ether oxygens (including phenoxy) is 2. The third-order valence-electron chi connectivity index (χ3n) is 4.61. The van der Waals surface area contributed by atoms with Crippen LogP contribution in [-0.2, 0) is 25.6 Å². The van der Waals surface area contributed by atoms with Crippen molar-refractivity contribution in [1.82, 2.24) is 9.88 Å². The predicted octanol–water partition coefficient (Wildman–Crippen LogP) is 3.42. The highest BCUT2D eigenvalue weighted by Crippen LogP contribution is 2.32. The minimum atomic E-state index is -3.60. The monoisotopic (exact) mass is 504 g/mol. The lowest BCUT2D eigenvalue weighted by atomic mass is 10.00. The van der Waals surface area contributed by atoms with E-state index in [1.807, 2.05) is 30.3 Å². The number of rotatable bonds is 7. The maximum Gasteiger partial charge on any atom is 0.264 e. The first-order valence-electron chi connectivity index (χ1n) is 8.91. The molecule has 0 unspecified atom stereocenters. The molecule has 1 aromatic carbocycles. The molecular formula is C19H22BrClN2O5S. The van der Waals surface area contributed by atoms with E-state index in [4.69, 9.17) is 25.3 Å². The van der Waals surface area contributed by atoms with Crippen LogP contribution in [0.3, 0.4) is 0 Å². The third-order valence-corrected chi connectivity index (χ3v) is 5.77. The third kappa shape index (κ3) is 6.37. The Labute approximate surface area is 184 Å². The second kappa shape index (κ2) is 9.72. The molecule has 10 heteroatoms. The zero-order valence-electron chi connectivity index (χ0n) is 16.0. The van der Waals surface area contributed by atoms with E-state index in [1.54, 1.807) is 13.2 Å². The van der Waals surface area contributed by atoms with Crippen LogP contribution in [-0.4, -0.2) is 57.5 Å². The summed E-state index contributed by atoms with van der Waals surface area (Å²) in [5.74, 6) is 0.779. The molecule has 2 atom stereocenters. The van der Waals surface area contributed by atoms with Crippen LogP contribution in [0.25, 0.3) is 0 Å². The van der Waals surface area contributed by atoms with Gasteiger partial charge in [-0.1, -0.05) is 23.7 Å². The molecule has 1 saturated heterocycles. The lowest BCUT2D eigenvalue weighted by Gasteiger charge is -2.41.